The zero-order valence-corrected chi connectivity index (χ0v) is 16.1. The monoisotopic (exact) mass is 388 g/mol. The van der Waals surface area contributed by atoms with E-state index in [1.165, 1.54) is 0 Å². The molecule has 1 aromatic carbocycles. The Bertz CT molecular complexity index is 857. The van der Waals surface area contributed by atoms with Crippen molar-refractivity contribution in [3.05, 3.63) is 41.5 Å². The zero-order chi connectivity index (χ0) is 19.1. The van der Waals surface area contributed by atoms with Crippen molar-refractivity contribution >= 4 is 26.3 Å². The Hall–Kier alpha value is -1.22. The van der Waals surface area contributed by atoms with Crippen molar-refractivity contribution in [2.24, 2.45) is 5.41 Å². The third kappa shape index (κ3) is 4.49. The van der Waals surface area contributed by atoms with Crippen LogP contribution < -0.4 is 0 Å². The van der Waals surface area contributed by atoms with Gasteiger partial charge in [0, 0.05) is 0 Å². The summed E-state index contributed by atoms with van der Waals surface area (Å²) in [7, 11) is -9.27. The van der Waals surface area contributed by atoms with Gasteiger partial charge >= 0.3 is 0 Å². The van der Waals surface area contributed by atoms with Gasteiger partial charge in [0.15, 0.2) is 0 Å². The maximum Gasteiger partial charge on any atom is 0.272 e. The molecule has 2 N–H and O–H groups in total. The van der Waals surface area contributed by atoms with E-state index in [1.807, 2.05) is 51.1 Å². The van der Waals surface area contributed by atoms with E-state index >= 15 is 0 Å². The molecule has 0 aromatic heterocycles. The van der Waals surface area contributed by atoms with Crippen LogP contribution in [0.15, 0.2) is 35.9 Å². The first-order valence-electron chi connectivity index (χ1n) is 7.97. The Kier molecular flexibility index (Phi) is 5.22. The molecule has 140 valence electrons. The van der Waals surface area contributed by atoms with Crippen molar-refractivity contribution in [1.29, 1.82) is 0 Å². The van der Waals surface area contributed by atoms with Gasteiger partial charge in [0.05, 0.1) is 0 Å². The van der Waals surface area contributed by atoms with Gasteiger partial charge in [-0.3, -0.25) is 9.11 Å². The third-order valence-corrected chi connectivity index (χ3v) is 7.92. The van der Waals surface area contributed by atoms with Gasteiger partial charge in [0.2, 0.25) is 0 Å². The lowest BCUT2D eigenvalue weighted by molar-refractivity contribution is 0.419. The van der Waals surface area contributed by atoms with Crippen LogP contribution >= 0.6 is 0 Å². The van der Waals surface area contributed by atoms with Crippen molar-refractivity contribution in [2.75, 3.05) is 0 Å². The molecule has 0 heterocycles. The maximum atomic E-state index is 11.9. The summed E-state index contributed by atoms with van der Waals surface area (Å²) in [6, 6.07) is 9.24. The van der Waals surface area contributed by atoms with Gasteiger partial charge in [0.1, 0.15) is 10.00 Å². The van der Waals surface area contributed by atoms with E-state index in [-0.39, 0.29) is 19.3 Å². The molecule has 25 heavy (non-hydrogen) atoms. The fourth-order valence-electron chi connectivity index (χ4n) is 2.96. The van der Waals surface area contributed by atoms with Crippen LogP contribution in [0.2, 0.25) is 0 Å². The summed E-state index contributed by atoms with van der Waals surface area (Å²) in [5.41, 5.74) is 1.07. The lowest BCUT2D eigenvalue weighted by Gasteiger charge is -2.29. The van der Waals surface area contributed by atoms with E-state index < -0.39 is 35.6 Å². The van der Waals surface area contributed by atoms with Crippen LogP contribution in [0.4, 0.5) is 0 Å². The van der Waals surface area contributed by atoms with Crippen LogP contribution in [0.1, 0.15) is 45.6 Å². The van der Waals surface area contributed by atoms with Gasteiger partial charge in [-0.05, 0) is 30.2 Å². The van der Waals surface area contributed by atoms with Gasteiger partial charge < -0.3 is 0 Å². The highest BCUT2D eigenvalue weighted by Crippen LogP contribution is 2.51. The quantitative estimate of drug-likeness (QED) is 0.725. The molecule has 1 unspecified atom stereocenters. The predicted octanol–water partition coefficient (Wildman–Crippen LogP) is 3.18. The standard InChI is InChI=1S/C17H24O6S2/c1-16(2,3)14(11-13-7-5-4-6-8-13)12-15(24(18,19)20)17(9-10-17)25(21,22)23/h4-8,11,15H,9-10,12H2,1-3H3,(H,18,19,20)(H,21,22,23). The summed E-state index contributed by atoms with van der Waals surface area (Å²) in [4.78, 5) is 0. The Morgan fingerprint density at radius 3 is 2.00 bits per heavy atom. The first-order chi connectivity index (χ1) is 11.3. The second-order valence-corrected chi connectivity index (χ2v) is 10.9. The molecule has 0 radical (unpaired) electrons. The Labute approximate surface area is 149 Å². The van der Waals surface area contributed by atoms with Crippen LogP contribution in [-0.2, 0) is 20.2 Å². The minimum Gasteiger partial charge on any atom is -0.285 e. The normalized spacial score (nSPS) is 19.5. The molecule has 0 spiro atoms. The molecule has 0 aliphatic heterocycles. The highest BCUT2D eigenvalue weighted by molar-refractivity contribution is 7.91. The molecule has 0 bridgehead atoms. The van der Waals surface area contributed by atoms with Gasteiger partial charge in [-0.15, -0.1) is 0 Å². The molecule has 6 nitrogen and oxygen atoms in total. The fraction of sp³-hybridized carbons (Fsp3) is 0.529. The lowest BCUT2D eigenvalue weighted by Crippen LogP contribution is -2.42. The van der Waals surface area contributed by atoms with Crippen LogP contribution in [0.5, 0.6) is 0 Å². The average Bonchev–Trinajstić information content (AvgIpc) is 3.22. The Morgan fingerprint density at radius 1 is 1.12 bits per heavy atom. The van der Waals surface area contributed by atoms with Gasteiger partial charge in [-0.2, -0.15) is 16.8 Å². The van der Waals surface area contributed by atoms with E-state index in [2.05, 4.69) is 0 Å². The summed E-state index contributed by atoms with van der Waals surface area (Å²) >= 11 is 0. The van der Waals surface area contributed by atoms with E-state index in [4.69, 9.17) is 0 Å². The second kappa shape index (κ2) is 6.50. The Morgan fingerprint density at radius 2 is 1.64 bits per heavy atom. The summed E-state index contributed by atoms with van der Waals surface area (Å²) in [5, 5.41) is -1.59. The molecule has 0 saturated heterocycles. The number of rotatable bonds is 6. The summed E-state index contributed by atoms with van der Waals surface area (Å²) < 4.78 is 64.7. The van der Waals surface area contributed by atoms with Crippen molar-refractivity contribution < 1.29 is 25.9 Å². The summed E-state index contributed by atoms with van der Waals surface area (Å²) in [5.74, 6) is 0. The smallest absolute Gasteiger partial charge is 0.272 e. The van der Waals surface area contributed by atoms with E-state index in [0.29, 0.717) is 5.57 Å². The van der Waals surface area contributed by atoms with Crippen molar-refractivity contribution in [1.82, 2.24) is 0 Å². The van der Waals surface area contributed by atoms with Crippen LogP contribution in [0.25, 0.3) is 6.08 Å². The molecular weight excluding hydrogens is 364 g/mol. The van der Waals surface area contributed by atoms with Crippen molar-refractivity contribution in [2.45, 2.75) is 50.0 Å². The lowest BCUT2D eigenvalue weighted by atomic mass is 9.82. The van der Waals surface area contributed by atoms with Crippen molar-refractivity contribution in [3.63, 3.8) is 0 Å². The molecule has 1 atom stereocenters. The first-order valence-corrected chi connectivity index (χ1v) is 10.9. The molecule has 1 fully saturated rings. The SMILES string of the molecule is CC(C)(C)C(=Cc1ccccc1)CC(C1(S(=O)(=O)O)CC1)S(=O)(=O)O. The average molecular weight is 389 g/mol. The number of hydrogen-bond acceptors (Lipinski definition) is 4. The molecule has 8 heteroatoms. The van der Waals surface area contributed by atoms with Gasteiger partial charge in [0.25, 0.3) is 20.2 Å². The third-order valence-electron chi connectivity index (χ3n) is 4.71. The molecule has 1 aliphatic rings. The first kappa shape index (κ1) is 20.1. The fourth-order valence-corrected chi connectivity index (χ4v) is 5.90. The number of hydrogen-bond donors (Lipinski definition) is 2. The highest BCUT2D eigenvalue weighted by atomic mass is 32.2. The molecule has 1 aliphatic carbocycles. The summed E-state index contributed by atoms with van der Waals surface area (Å²) in [6.45, 7) is 5.65. The van der Waals surface area contributed by atoms with Gasteiger partial charge in [-0.25, -0.2) is 0 Å². The van der Waals surface area contributed by atoms with Crippen LogP contribution in [0.3, 0.4) is 0 Å². The predicted molar refractivity (Wildman–Crippen MR) is 97.3 cm³/mol. The van der Waals surface area contributed by atoms with E-state index in [1.54, 1.807) is 6.08 Å². The molecular formula is C17H24O6S2. The second-order valence-electron chi connectivity index (χ2n) is 7.58. The van der Waals surface area contributed by atoms with Crippen LogP contribution in [-0.4, -0.2) is 35.9 Å². The van der Waals surface area contributed by atoms with Crippen LogP contribution in [0, 0.1) is 5.41 Å². The van der Waals surface area contributed by atoms with E-state index in [0.717, 1.165) is 5.56 Å². The molecule has 1 saturated carbocycles. The largest absolute Gasteiger partial charge is 0.285 e. The number of benzene rings is 1. The van der Waals surface area contributed by atoms with E-state index in [9.17, 15) is 25.9 Å². The van der Waals surface area contributed by atoms with Crippen molar-refractivity contribution in [3.8, 4) is 0 Å². The van der Waals surface area contributed by atoms with Gasteiger partial charge in [-0.1, -0.05) is 62.8 Å². The highest BCUT2D eigenvalue weighted by Gasteiger charge is 2.63. The number of allylic oxidation sites excluding steroid dienone is 1. The zero-order valence-electron chi connectivity index (χ0n) is 14.5. The minimum atomic E-state index is -4.67. The topological polar surface area (TPSA) is 109 Å². The minimum absolute atomic E-state index is 0.0129. The molecule has 0 amide bonds. The molecule has 1 aromatic rings. The summed E-state index contributed by atoms with van der Waals surface area (Å²) in [6.07, 6.45) is 1.66. The Balaban J connectivity index is 2.50. The molecule has 2 rings (SSSR count). The maximum absolute atomic E-state index is 11.9.